The summed E-state index contributed by atoms with van der Waals surface area (Å²) in [7, 11) is 0. The van der Waals surface area contributed by atoms with E-state index in [0.29, 0.717) is 17.9 Å². The Labute approximate surface area is 196 Å². The first-order valence-corrected chi connectivity index (χ1v) is 10.5. The third kappa shape index (κ3) is 4.95. The number of carboxylic acids is 1. The van der Waals surface area contributed by atoms with Crippen molar-refractivity contribution < 1.29 is 19.4 Å². The van der Waals surface area contributed by atoms with E-state index < -0.39 is 11.9 Å². The first-order valence-electron chi connectivity index (χ1n) is 10.5. The van der Waals surface area contributed by atoms with E-state index in [-0.39, 0.29) is 16.8 Å². The van der Waals surface area contributed by atoms with E-state index in [2.05, 4.69) is 5.32 Å². The number of nitrogens with one attached hydrogen (secondary N) is 1. The van der Waals surface area contributed by atoms with E-state index in [0.717, 1.165) is 16.3 Å². The minimum Gasteiger partial charge on any atom is -0.488 e. The van der Waals surface area contributed by atoms with Crippen LogP contribution in [0.2, 0.25) is 0 Å². The number of carbonyl (C=O) groups excluding carboxylic acids is 1. The van der Waals surface area contributed by atoms with E-state index >= 15 is 0 Å². The molecule has 0 saturated carbocycles. The number of aromatic carboxylic acids is 1. The molecule has 34 heavy (non-hydrogen) atoms. The summed E-state index contributed by atoms with van der Waals surface area (Å²) in [5, 5.41) is 23.6. The van der Waals surface area contributed by atoms with Crippen molar-refractivity contribution in [3.8, 4) is 11.8 Å². The monoisotopic (exact) mass is 448 g/mol. The summed E-state index contributed by atoms with van der Waals surface area (Å²) in [5.41, 5.74) is 1.44. The zero-order valence-electron chi connectivity index (χ0n) is 18.1. The highest BCUT2D eigenvalue weighted by molar-refractivity contribution is 6.12. The summed E-state index contributed by atoms with van der Waals surface area (Å²) < 4.78 is 6.06. The van der Waals surface area contributed by atoms with Crippen LogP contribution in [-0.4, -0.2) is 17.0 Å². The standard InChI is InChI=1S/C28H20N2O4/c29-17-22(27(31)30-25-14-5-4-13-24(25)28(32)33)16-20-9-2-6-15-26(20)34-18-21-11-7-10-19-8-1-3-12-23(19)21/h1-16H,18H2,(H,30,31)(H,32,33)/b22-16+. The minimum atomic E-state index is -1.18. The number of nitriles is 1. The van der Waals surface area contributed by atoms with Crippen molar-refractivity contribution in [2.45, 2.75) is 6.61 Å². The number of nitrogens with zero attached hydrogens (tertiary/aromatic N) is 1. The molecule has 4 aromatic rings. The number of para-hydroxylation sites is 2. The zero-order valence-corrected chi connectivity index (χ0v) is 18.1. The number of carboxylic acid groups (broad SMARTS) is 1. The van der Waals surface area contributed by atoms with Gasteiger partial charge in [-0.2, -0.15) is 5.26 Å². The summed E-state index contributed by atoms with van der Waals surface area (Å²) >= 11 is 0. The molecule has 0 saturated heterocycles. The number of carbonyl (C=O) groups is 2. The molecule has 0 bridgehead atoms. The molecule has 0 aliphatic heterocycles. The van der Waals surface area contributed by atoms with Gasteiger partial charge in [-0.05, 0) is 40.6 Å². The van der Waals surface area contributed by atoms with Crippen molar-refractivity contribution in [3.63, 3.8) is 0 Å². The molecule has 0 radical (unpaired) electrons. The van der Waals surface area contributed by atoms with Crippen molar-refractivity contribution >= 4 is 34.4 Å². The summed E-state index contributed by atoms with van der Waals surface area (Å²) in [6, 6.07) is 29.0. The number of ether oxygens (including phenoxy) is 1. The third-order valence-corrected chi connectivity index (χ3v) is 5.25. The van der Waals surface area contributed by atoms with Crippen LogP contribution in [0.4, 0.5) is 5.69 Å². The molecule has 2 N–H and O–H groups in total. The predicted octanol–water partition coefficient (Wildman–Crippen LogP) is 5.66. The van der Waals surface area contributed by atoms with Gasteiger partial charge in [-0.15, -0.1) is 0 Å². The van der Waals surface area contributed by atoms with Crippen LogP contribution in [0, 0.1) is 11.3 Å². The number of benzene rings is 4. The highest BCUT2D eigenvalue weighted by Gasteiger charge is 2.15. The molecule has 4 aromatic carbocycles. The Morgan fingerprint density at radius 3 is 2.44 bits per heavy atom. The van der Waals surface area contributed by atoms with Crippen LogP contribution in [0.25, 0.3) is 16.8 Å². The van der Waals surface area contributed by atoms with Gasteiger partial charge in [-0.3, -0.25) is 4.79 Å². The maximum Gasteiger partial charge on any atom is 0.337 e. The molecule has 0 heterocycles. The van der Waals surface area contributed by atoms with Crippen LogP contribution in [-0.2, 0) is 11.4 Å². The van der Waals surface area contributed by atoms with Gasteiger partial charge in [-0.1, -0.05) is 72.8 Å². The van der Waals surface area contributed by atoms with Crippen LogP contribution >= 0.6 is 0 Å². The SMILES string of the molecule is N#C/C(=C\c1ccccc1OCc1cccc2ccccc12)C(=O)Nc1ccccc1C(=O)O. The number of hydrogen-bond acceptors (Lipinski definition) is 4. The van der Waals surface area contributed by atoms with E-state index in [1.807, 2.05) is 54.6 Å². The Hall–Kier alpha value is -4.89. The Morgan fingerprint density at radius 1 is 0.912 bits per heavy atom. The molecule has 0 fully saturated rings. The summed E-state index contributed by atoms with van der Waals surface area (Å²) in [4.78, 5) is 24.1. The fourth-order valence-corrected chi connectivity index (χ4v) is 3.58. The van der Waals surface area contributed by atoms with Gasteiger partial charge in [0.05, 0.1) is 11.3 Å². The lowest BCUT2D eigenvalue weighted by Crippen LogP contribution is -2.16. The number of hydrogen-bond donors (Lipinski definition) is 2. The fraction of sp³-hybridized carbons (Fsp3) is 0.0357. The van der Waals surface area contributed by atoms with Gasteiger partial charge in [0.25, 0.3) is 5.91 Å². The van der Waals surface area contributed by atoms with Gasteiger partial charge < -0.3 is 15.2 Å². The molecule has 0 aliphatic carbocycles. The Kier molecular flexibility index (Phi) is 6.66. The minimum absolute atomic E-state index is 0.0630. The van der Waals surface area contributed by atoms with Crippen molar-refractivity contribution in [1.29, 1.82) is 5.26 Å². The first kappa shape index (κ1) is 22.3. The van der Waals surface area contributed by atoms with E-state index in [1.54, 1.807) is 30.3 Å². The molecule has 0 unspecified atom stereocenters. The molecule has 4 rings (SSSR count). The molecule has 0 aromatic heterocycles. The molecule has 0 aliphatic rings. The number of amides is 1. The molecule has 6 heteroatoms. The van der Waals surface area contributed by atoms with Gasteiger partial charge in [0, 0.05) is 5.56 Å². The largest absolute Gasteiger partial charge is 0.488 e. The van der Waals surface area contributed by atoms with E-state index in [1.165, 1.54) is 18.2 Å². The van der Waals surface area contributed by atoms with Gasteiger partial charge >= 0.3 is 5.97 Å². The van der Waals surface area contributed by atoms with Gasteiger partial charge in [0.15, 0.2) is 0 Å². The molecular weight excluding hydrogens is 428 g/mol. The zero-order chi connectivity index (χ0) is 23.9. The van der Waals surface area contributed by atoms with Crippen LogP contribution in [0.3, 0.4) is 0 Å². The van der Waals surface area contributed by atoms with Crippen molar-refractivity contribution in [2.24, 2.45) is 0 Å². The van der Waals surface area contributed by atoms with Crippen LogP contribution < -0.4 is 10.1 Å². The first-order chi connectivity index (χ1) is 16.6. The predicted molar refractivity (Wildman–Crippen MR) is 130 cm³/mol. The van der Waals surface area contributed by atoms with Crippen molar-refractivity contribution in [2.75, 3.05) is 5.32 Å². The summed E-state index contributed by atoms with van der Waals surface area (Å²) in [6.45, 7) is 0.312. The van der Waals surface area contributed by atoms with Gasteiger partial charge in [0.1, 0.15) is 24.0 Å². The molecule has 0 spiro atoms. The lowest BCUT2D eigenvalue weighted by atomic mass is 10.1. The summed E-state index contributed by atoms with van der Waals surface area (Å²) in [6.07, 6.45) is 1.43. The van der Waals surface area contributed by atoms with E-state index in [4.69, 9.17) is 4.74 Å². The average Bonchev–Trinajstić information content (AvgIpc) is 2.86. The maximum atomic E-state index is 12.7. The van der Waals surface area contributed by atoms with Gasteiger partial charge in [-0.25, -0.2) is 4.79 Å². The van der Waals surface area contributed by atoms with Crippen LogP contribution in [0.5, 0.6) is 5.75 Å². The van der Waals surface area contributed by atoms with E-state index in [9.17, 15) is 20.0 Å². The lowest BCUT2D eigenvalue weighted by molar-refractivity contribution is -0.112. The Bertz CT molecular complexity index is 1450. The highest BCUT2D eigenvalue weighted by atomic mass is 16.5. The Balaban J connectivity index is 1.57. The van der Waals surface area contributed by atoms with Crippen molar-refractivity contribution in [1.82, 2.24) is 0 Å². The van der Waals surface area contributed by atoms with Crippen LogP contribution in [0.1, 0.15) is 21.5 Å². The molecular formula is C28H20N2O4. The Morgan fingerprint density at radius 2 is 1.62 bits per heavy atom. The second kappa shape index (κ2) is 10.2. The maximum absolute atomic E-state index is 12.7. The molecule has 1 amide bonds. The quantitative estimate of drug-likeness (QED) is 0.281. The molecule has 0 atom stereocenters. The number of fused-ring (bicyclic) bond motifs is 1. The highest BCUT2D eigenvalue weighted by Crippen LogP contribution is 2.25. The average molecular weight is 448 g/mol. The molecule has 6 nitrogen and oxygen atoms in total. The smallest absolute Gasteiger partial charge is 0.337 e. The fourth-order valence-electron chi connectivity index (χ4n) is 3.58. The third-order valence-electron chi connectivity index (χ3n) is 5.25. The normalized spacial score (nSPS) is 11.0. The van der Waals surface area contributed by atoms with Crippen LogP contribution in [0.15, 0.2) is 96.6 Å². The number of rotatable bonds is 7. The lowest BCUT2D eigenvalue weighted by Gasteiger charge is -2.12. The summed E-state index contributed by atoms with van der Waals surface area (Å²) in [5.74, 6) is -1.37. The second-order valence-electron chi connectivity index (χ2n) is 7.44. The molecule has 166 valence electrons. The topological polar surface area (TPSA) is 99.4 Å². The number of anilines is 1. The van der Waals surface area contributed by atoms with Crippen molar-refractivity contribution in [3.05, 3.63) is 113 Å². The van der Waals surface area contributed by atoms with Gasteiger partial charge in [0.2, 0.25) is 0 Å². The second-order valence-corrected chi connectivity index (χ2v) is 7.44.